The summed E-state index contributed by atoms with van der Waals surface area (Å²) < 4.78 is 0. The van der Waals surface area contributed by atoms with Gasteiger partial charge in [0.1, 0.15) is 18.0 Å². The number of nitrogens with one attached hydrogen (secondary N) is 1. The van der Waals surface area contributed by atoms with E-state index in [2.05, 4.69) is 30.1 Å². The molecule has 0 saturated carbocycles. The number of carbonyl (C=O) groups excluding carboxylic acids is 1. The van der Waals surface area contributed by atoms with E-state index in [9.17, 15) is 4.79 Å². The second-order valence-corrected chi connectivity index (χ2v) is 7.76. The SMILES string of the molecule is Nc1ccc2c(N3CCC(C(=O)NCCCN4CCCC4)CC3)ncnc2n1. The molecule has 0 bridgehead atoms. The summed E-state index contributed by atoms with van der Waals surface area (Å²) in [6, 6.07) is 3.70. The smallest absolute Gasteiger partial charge is 0.223 e. The molecular weight excluding hydrogens is 354 g/mol. The molecular formula is C20H29N7O. The Hall–Kier alpha value is -2.48. The molecule has 0 spiro atoms. The minimum Gasteiger partial charge on any atom is -0.384 e. The summed E-state index contributed by atoms with van der Waals surface area (Å²) in [5.41, 5.74) is 6.37. The molecule has 0 radical (unpaired) electrons. The standard InChI is InChI=1S/C20H29N7O/c21-17-5-4-16-18(25-17)23-14-24-19(16)27-12-6-15(7-13-27)20(28)22-8-3-11-26-9-1-2-10-26/h4-5,14-15H,1-3,6-13H2,(H,22,28)(H2,21,23,24,25). The second kappa shape index (κ2) is 8.68. The molecule has 2 aromatic heterocycles. The first-order chi connectivity index (χ1) is 13.7. The Morgan fingerprint density at radius 2 is 1.93 bits per heavy atom. The van der Waals surface area contributed by atoms with E-state index in [1.165, 1.54) is 32.3 Å². The summed E-state index contributed by atoms with van der Waals surface area (Å²) >= 11 is 0. The molecule has 0 aromatic carbocycles. The fraction of sp³-hybridized carbons (Fsp3) is 0.600. The van der Waals surface area contributed by atoms with Gasteiger partial charge < -0.3 is 20.9 Å². The molecule has 2 aliphatic rings. The summed E-state index contributed by atoms with van der Waals surface area (Å²) in [7, 11) is 0. The normalized spacial score (nSPS) is 18.6. The Bertz CT molecular complexity index is 813. The average Bonchev–Trinajstić information content (AvgIpc) is 3.24. The van der Waals surface area contributed by atoms with E-state index in [1.807, 2.05) is 6.07 Å². The van der Waals surface area contributed by atoms with Crippen LogP contribution in [-0.4, -0.2) is 65.0 Å². The zero-order valence-electron chi connectivity index (χ0n) is 16.3. The zero-order chi connectivity index (χ0) is 19.3. The minimum atomic E-state index is 0.0879. The number of fused-ring (bicyclic) bond motifs is 1. The van der Waals surface area contributed by atoms with Crippen LogP contribution in [0.15, 0.2) is 18.5 Å². The fourth-order valence-corrected chi connectivity index (χ4v) is 4.21. The van der Waals surface area contributed by atoms with Gasteiger partial charge in [-0.05, 0) is 63.9 Å². The molecule has 150 valence electrons. The van der Waals surface area contributed by atoms with Crippen molar-refractivity contribution in [3.8, 4) is 0 Å². The van der Waals surface area contributed by atoms with Crippen molar-refractivity contribution in [2.45, 2.75) is 32.1 Å². The lowest BCUT2D eigenvalue weighted by Crippen LogP contribution is -2.41. The number of anilines is 2. The molecule has 28 heavy (non-hydrogen) atoms. The Kier molecular flexibility index (Phi) is 5.85. The number of carbonyl (C=O) groups is 1. The van der Waals surface area contributed by atoms with Gasteiger partial charge >= 0.3 is 0 Å². The molecule has 4 heterocycles. The van der Waals surface area contributed by atoms with Gasteiger partial charge in [0.05, 0.1) is 5.39 Å². The zero-order valence-corrected chi connectivity index (χ0v) is 16.3. The first-order valence-corrected chi connectivity index (χ1v) is 10.3. The number of piperidine rings is 1. The van der Waals surface area contributed by atoms with Gasteiger partial charge in [-0.3, -0.25) is 4.79 Å². The number of aromatic nitrogens is 3. The van der Waals surface area contributed by atoms with E-state index in [4.69, 9.17) is 5.73 Å². The van der Waals surface area contributed by atoms with Crippen molar-refractivity contribution in [1.82, 2.24) is 25.2 Å². The predicted molar refractivity (Wildman–Crippen MR) is 110 cm³/mol. The number of hydrogen-bond acceptors (Lipinski definition) is 7. The van der Waals surface area contributed by atoms with Gasteiger partial charge in [0.25, 0.3) is 0 Å². The molecule has 0 aliphatic carbocycles. The average molecular weight is 384 g/mol. The largest absolute Gasteiger partial charge is 0.384 e. The maximum Gasteiger partial charge on any atom is 0.223 e. The maximum absolute atomic E-state index is 12.5. The van der Waals surface area contributed by atoms with Crippen molar-refractivity contribution in [2.75, 3.05) is 49.9 Å². The number of rotatable bonds is 6. The van der Waals surface area contributed by atoms with Gasteiger partial charge in [-0.15, -0.1) is 0 Å². The Morgan fingerprint density at radius 3 is 2.71 bits per heavy atom. The Labute approximate surface area is 165 Å². The highest BCUT2D eigenvalue weighted by Gasteiger charge is 2.26. The molecule has 4 rings (SSSR count). The van der Waals surface area contributed by atoms with Gasteiger partial charge in [-0.1, -0.05) is 0 Å². The minimum absolute atomic E-state index is 0.0879. The fourth-order valence-electron chi connectivity index (χ4n) is 4.21. The number of nitrogen functional groups attached to an aromatic ring is 1. The summed E-state index contributed by atoms with van der Waals surface area (Å²) in [5, 5.41) is 4.04. The van der Waals surface area contributed by atoms with Crippen LogP contribution in [-0.2, 0) is 4.79 Å². The van der Waals surface area contributed by atoms with Gasteiger partial charge in [-0.2, -0.15) is 0 Å². The van der Waals surface area contributed by atoms with Crippen molar-refractivity contribution in [2.24, 2.45) is 5.92 Å². The Morgan fingerprint density at radius 1 is 1.14 bits per heavy atom. The van der Waals surface area contributed by atoms with Crippen LogP contribution in [0, 0.1) is 5.92 Å². The lowest BCUT2D eigenvalue weighted by Gasteiger charge is -2.32. The highest BCUT2D eigenvalue weighted by molar-refractivity contribution is 5.88. The lowest BCUT2D eigenvalue weighted by molar-refractivity contribution is -0.125. The van der Waals surface area contributed by atoms with E-state index in [0.29, 0.717) is 11.5 Å². The topological polar surface area (TPSA) is 100 Å². The number of pyridine rings is 1. The van der Waals surface area contributed by atoms with Crippen molar-refractivity contribution < 1.29 is 4.79 Å². The molecule has 1 amide bonds. The van der Waals surface area contributed by atoms with Crippen molar-refractivity contribution in [3.63, 3.8) is 0 Å². The predicted octanol–water partition coefficient (Wildman–Crippen LogP) is 1.43. The first-order valence-electron chi connectivity index (χ1n) is 10.3. The number of nitrogens with two attached hydrogens (primary N) is 1. The number of nitrogens with zero attached hydrogens (tertiary/aromatic N) is 5. The third-order valence-corrected chi connectivity index (χ3v) is 5.81. The molecule has 0 unspecified atom stereocenters. The van der Waals surface area contributed by atoms with Crippen molar-refractivity contribution in [1.29, 1.82) is 0 Å². The molecule has 0 atom stereocenters. The van der Waals surface area contributed by atoms with Crippen LogP contribution in [0.3, 0.4) is 0 Å². The van der Waals surface area contributed by atoms with Crippen LogP contribution in [0.2, 0.25) is 0 Å². The second-order valence-electron chi connectivity index (χ2n) is 7.76. The lowest BCUT2D eigenvalue weighted by atomic mass is 9.95. The summed E-state index contributed by atoms with van der Waals surface area (Å²) in [4.78, 5) is 30.1. The van der Waals surface area contributed by atoms with Gasteiger partial charge in [0, 0.05) is 25.6 Å². The van der Waals surface area contributed by atoms with Gasteiger partial charge in [0.2, 0.25) is 5.91 Å². The molecule has 8 nitrogen and oxygen atoms in total. The highest BCUT2D eigenvalue weighted by atomic mass is 16.1. The van der Waals surface area contributed by atoms with Gasteiger partial charge in [0.15, 0.2) is 5.65 Å². The molecule has 3 N–H and O–H groups in total. The number of amides is 1. The van der Waals surface area contributed by atoms with Crippen LogP contribution in [0.5, 0.6) is 0 Å². The molecule has 2 fully saturated rings. The van der Waals surface area contributed by atoms with E-state index < -0.39 is 0 Å². The third-order valence-electron chi connectivity index (χ3n) is 5.81. The van der Waals surface area contributed by atoms with E-state index in [0.717, 1.165) is 56.6 Å². The Balaban J connectivity index is 1.27. The van der Waals surface area contributed by atoms with Crippen LogP contribution in [0.1, 0.15) is 32.1 Å². The summed E-state index contributed by atoms with van der Waals surface area (Å²) in [5.74, 6) is 1.62. The maximum atomic E-state index is 12.5. The molecule has 8 heteroatoms. The summed E-state index contributed by atoms with van der Waals surface area (Å²) in [6.45, 7) is 5.92. The monoisotopic (exact) mass is 383 g/mol. The number of likely N-dealkylation sites (tertiary alicyclic amines) is 1. The van der Waals surface area contributed by atoms with Crippen LogP contribution in [0.4, 0.5) is 11.6 Å². The molecule has 2 saturated heterocycles. The summed E-state index contributed by atoms with van der Waals surface area (Å²) in [6.07, 6.45) is 6.88. The van der Waals surface area contributed by atoms with Crippen molar-refractivity contribution in [3.05, 3.63) is 18.5 Å². The highest BCUT2D eigenvalue weighted by Crippen LogP contribution is 2.27. The van der Waals surface area contributed by atoms with Crippen LogP contribution in [0.25, 0.3) is 11.0 Å². The number of hydrogen-bond donors (Lipinski definition) is 2. The van der Waals surface area contributed by atoms with Crippen molar-refractivity contribution >= 4 is 28.6 Å². The molecule has 2 aromatic rings. The molecule has 2 aliphatic heterocycles. The van der Waals surface area contributed by atoms with E-state index >= 15 is 0 Å². The quantitative estimate of drug-likeness (QED) is 0.728. The van der Waals surface area contributed by atoms with E-state index in [1.54, 1.807) is 6.07 Å². The third kappa shape index (κ3) is 4.32. The van der Waals surface area contributed by atoms with Gasteiger partial charge in [-0.25, -0.2) is 15.0 Å². The van der Waals surface area contributed by atoms with Crippen LogP contribution < -0.4 is 16.0 Å². The first kappa shape index (κ1) is 18.9. The van der Waals surface area contributed by atoms with Crippen LogP contribution >= 0.6 is 0 Å². The van der Waals surface area contributed by atoms with E-state index in [-0.39, 0.29) is 11.8 Å².